The third-order valence-corrected chi connectivity index (χ3v) is 1.45. The lowest BCUT2D eigenvalue weighted by Gasteiger charge is -2.04. The van der Waals surface area contributed by atoms with Gasteiger partial charge in [-0.3, -0.25) is 0 Å². The minimum atomic E-state index is -1.71. The van der Waals surface area contributed by atoms with Gasteiger partial charge in [-0.15, -0.1) is 0 Å². The summed E-state index contributed by atoms with van der Waals surface area (Å²) in [5.74, 6) is -5.36. The van der Waals surface area contributed by atoms with E-state index in [2.05, 4.69) is 0 Å². The number of carboxylic acids is 1. The number of anilines is 1. The third kappa shape index (κ3) is 1.37. The van der Waals surface area contributed by atoms with Crippen molar-refractivity contribution in [1.82, 2.24) is 0 Å². The van der Waals surface area contributed by atoms with Crippen LogP contribution in [0.2, 0.25) is 0 Å². The minimum Gasteiger partial charge on any atom is -0.507 e. The molecule has 0 spiro atoms. The van der Waals surface area contributed by atoms with Gasteiger partial charge in [-0.1, -0.05) is 0 Å². The number of nitrogens with two attached hydrogens (primary N) is 1. The highest BCUT2D eigenvalue weighted by molar-refractivity contribution is 5.92. The van der Waals surface area contributed by atoms with E-state index >= 15 is 0 Å². The molecule has 1 aromatic rings. The fraction of sp³-hybridized carbons (Fsp3) is 0. The normalized spacial score (nSPS) is 10.0. The Morgan fingerprint density at radius 1 is 1.46 bits per heavy atom. The van der Waals surface area contributed by atoms with Gasteiger partial charge in [0.25, 0.3) is 0 Å². The van der Waals surface area contributed by atoms with E-state index in [-0.39, 0.29) is 0 Å². The number of nitrogen functional groups attached to an aromatic ring is 1. The Morgan fingerprint density at radius 2 is 2.00 bits per heavy atom. The van der Waals surface area contributed by atoms with Gasteiger partial charge in [0.1, 0.15) is 17.0 Å². The van der Waals surface area contributed by atoms with E-state index in [9.17, 15) is 13.6 Å². The topological polar surface area (TPSA) is 83.5 Å². The summed E-state index contributed by atoms with van der Waals surface area (Å²) in [6.07, 6.45) is 0. The summed E-state index contributed by atoms with van der Waals surface area (Å²) in [6, 6.07) is 0.446. The molecule has 0 saturated heterocycles. The molecule has 0 aliphatic rings. The molecular formula is C7H5F2NO3. The second-order valence-electron chi connectivity index (χ2n) is 2.29. The van der Waals surface area contributed by atoms with Crippen molar-refractivity contribution in [2.75, 3.05) is 5.73 Å². The van der Waals surface area contributed by atoms with E-state index in [4.69, 9.17) is 15.9 Å². The lowest BCUT2D eigenvalue weighted by molar-refractivity contribution is 0.0688. The molecule has 0 aromatic heterocycles. The number of rotatable bonds is 1. The SMILES string of the molecule is Nc1c(F)cc(O)c(C(=O)O)c1F. The van der Waals surface area contributed by atoms with Crippen LogP contribution in [0.3, 0.4) is 0 Å². The van der Waals surface area contributed by atoms with Crippen molar-refractivity contribution in [3.8, 4) is 5.75 Å². The van der Waals surface area contributed by atoms with E-state index in [1.54, 1.807) is 0 Å². The van der Waals surface area contributed by atoms with Gasteiger partial charge in [0.2, 0.25) is 0 Å². The smallest absolute Gasteiger partial charge is 0.342 e. The lowest BCUT2D eigenvalue weighted by atomic mass is 10.1. The summed E-state index contributed by atoms with van der Waals surface area (Å²) in [5.41, 5.74) is 2.92. The van der Waals surface area contributed by atoms with Crippen LogP contribution in [0, 0.1) is 11.6 Å². The molecule has 0 heterocycles. The second-order valence-corrected chi connectivity index (χ2v) is 2.29. The predicted octanol–water partition coefficient (Wildman–Crippen LogP) is 0.951. The van der Waals surface area contributed by atoms with Crippen molar-refractivity contribution in [3.05, 3.63) is 23.3 Å². The van der Waals surface area contributed by atoms with Crippen LogP contribution < -0.4 is 5.73 Å². The van der Waals surface area contributed by atoms with E-state index in [1.165, 1.54) is 0 Å². The van der Waals surface area contributed by atoms with Gasteiger partial charge in [-0.05, 0) is 0 Å². The van der Waals surface area contributed by atoms with Gasteiger partial charge in [0.05, 0.1) is 0 Å². The van der Waals surface area contributed by atoms with Crippen molar-refractivity contribution >= 4 is 11.7 Å². The Balaban J connectivity index is 3.53. The number of carboxylic acid groups (broad SMARTS) is 1. The molecule has 0 atom stereocenters. The highest BCUT2D eigenvalue weighted by Crippen LogP contribution is 2.27. The van der Waals surface area contributed by atoms with Crippen LogP contribution in [0.4, 0.5) is 14.5 Å². The third-order valence-electron chi connectivity index (χ3n) is 1.45. The summed E-state index contributed by atoms with van der Waals surface area (Å²) in [6.45, 7) is 0. The lowest BCUT2D eigenvalue weighted by Crippen LogP contribution is -2.06. The summed E-state index contributed by atoms with van der Waals surface area (Å²) < 4.78 is 25.4. The van der Waals surface area contributed by atoms with Crippen molar-refractivity contribution in [1.29, 1.82) is 0 Å². The van der Waals surface area contributed by atoms with Crippen molar-refractivity contribution < 1.29 is 23.8 Å². The molecule has 70 valence electrons. The fourth-order valence-electron chi connectivity index (χ4n) is 0.825. The molecule has 1 aromatic carbocycles. The predicted molar refractivity (Wildman–Crippen MR) is 39.4 cm³/mol. The van der Waals surface area contributed by atoms with Crippen LogP contribution >= 0.6 is 0 Å². The van der Waals surface area contributed by atoms with E-state index in [1.807, 2.05) is 0 Å². The monoisotopic (exact) mass is 189 g/mol. The first-order chi connectivity index (χ1) is 5.95. The highest BCUT2D eigenvalue weighted by atomic mass is 19.1. The summed E-state index contributed by atoms with van der Waals surface area (Å²) >= 11 is 0. The maximum absolute atomic E-state index is 12.9. The zero-order chi connectivity index (χ0) is 10.2. The van der Waals surface area contributed by atoms with Gasteiger partial charge >= 0.3 is 5.97 Å². The van der Waals surface area contributed by atoms with Crippen LogP contribution in [-0.4, -0.2) is 16.2 Å². The molecule has 0 aliphatic heterocycles. The van der Waals surface area contributed by atoms with Crippen LogP contribution in [0.25, 0.3) is 0 Å². The number of aromatic hydroxyl groups is 1. The molecule has 0 aliphatic carbocycles. The molecule has 0 saturated carbocycles. The molecule has 13 heavy (non-hydrogen) atoms. The first-order valence-electron chi connectivity index (χ1n) is 3.15. The van der Waals surface area contributed by atoms with E-state index < -0.39 is 34.6 Å². The zero-order valence-corrected chi connectivity index (χ0v) is 6.21. The number of carbonyl (C=O) groups is 1. The van der Waals surface area contributed by atoms with Gasteiger partial charge in [-0.25, -0.2) is 13.6 Å². The number of hydrogen-bond acceptors (Lipinski definition) is 3. The van der Waals surface area contributed by atoms with E-state index in [0.717, 1.165) is 0 Å². The van der Waals surface area contributed by atoms with Crippen molar-refractivity contribution in [2.24, 2.45) is 0 Å². The average molecular weight is 189 g/mol. The van der Waals surface area contributed by atoms with Crippen LogP contribution in [-0.2, 0) is 0 Å². The van der Waals surface area contributed by atoms with Gasteiger partial charge in [-0.2, -0.15) is 0 Å². The van der Waals surface area contributed by atoms with Gasteiger partial charge < -0.3 is 15.9 Å². The minimum absolute atomic E-state index is 0.446. The zero-order valence-electron chi connectivity index (χ0n) is 6.21. The average Bonchev–Trinajstić information content (AvgIpc) is 1.99. The second kappa shape index (κ2) is 2.89. The maximum Gasteiger partial charge on any atom is 0.342 e. The Hall–Kier alpha value is -1.85. The molecule has 0 amide bonds. The number of phenols is 1. The molecular weight excluding hydrogens is 184 g/mol. The highest BCUT2D eigenvalue weighted by Gasteiger charge is 2.21. The number of halogens is 2. The van der Waals surface area contributed by atoms with Crippen molar-refractivity contribution in [3.63, 3.8) is 0 Å². The quantitative estimate of drug-likeness (QED) is 0.453. The maximum atomic E-state index is 12.9. The Bertz CT molecular complexity index is 378. The Morgan fingerprint density at radius 3 is 2.46 bits per heavy atom. The summed E-state index contributed by atoms with van der Waals surface area (Å²) in [4.78, 5) is 10.3. The van der Waals surface area contributed by atoms with Crippen LogP contribution in [0.15, 0.2) is 6.07 Å². The molecule has 4 N–H and O–H groups in total. The van der Waals surface area contributed by atoms with Gasteiger partial charge in [0.15, 0.2) is 11.6 Å². The molecule has 6 heteroatoms. The van der Waals surface area contributed by atoms with E-state index in [0.29, 0.717) is 6.07 Å². The molecule has 0 radical (unpaired) electrons. The summed E-state index contributed by atoms with van der Waals surface area (Å²) in [5, 5.41) is 17.2. The molecule has 4 nitrogen and oxygen atoms in total. The molecule has 0 fully saturated rings. The number of aromatic carboxylic acids is 1. The first kappa shape index (κ1) is 9.24. The standard InChI is InChI=1S/C7H5F2NO3/c8-2-1-3(11)4(7(12)13)5(9)6(2)10/h1,11H,10H2,(H,12,13). The largest absolute Gasteiger partial charge is 0.507 e. The number of hydrogen-bond donors (Lipinski definition) is 3. The van der Waals surface area contributed by atoms with Crippen LogP contribution in [0.5, 0.6) is 5.75 Å². The first-order valence-corrected chi connectivity index (χ1v) is 3.15. The fourth-order valence-corrected chi connectivity index (χ4v) is 0.825. The number of benzene rings is 1. The molecule has 1 rings (SSSR count). The van der Waals surface area contributed by atoms with Gasteiger partial charge in [0, 0.05) is 6.07 Å². The molecule has 0 unspecified atom stereocenters. The summed E-state index contributed by atoms with van der Waals surface area (Å²) in [7, 11) is 0. The van der Waals surface area contributed by atoms with Crippen LogP contribution in [0.1, 0.15) is 10.4 Å². The van der Waals surface area contributed by atoms with Crippen molar-refractivity contribution in [2.45, 2.75) is 0 Å². The molecule has 0 bridgehead atoms. The Labute approximate surface area is 71.2 Å². The Kier molecular flexibility index (Phi) is 2.05.